The van der Waals surface area contributed by atoms with Crippen molar-refractivity contribution < 1.29 is 32.7 Å². The number of halogens is 1. The van der Waals surface area contributed by atoms with Crippen molar-refractivity contribution in [3.63, 3.8) is 0 Å². The van der Waals surface area contributed by atoms with E-state index >= 15 is 0 Å². The number of hydroxylamine groups is 2. The van der Waals surface area contributed by atoms with E-state index in [4.69, 9.17) is 16.3 Å². The largest absolute Gasteiger partial charge is 0.457 e. The van der Waals surface area contributed by atoms with Crippen molar-refractivity contribution in [3.05, 3.63) is 53.6 Å². The molecule has 0 saturated carbocycles. The maximum atomic E-state index is 12.9. The fourth-order valence-corrected chi connectivity index (χ4v) is 4.83. The number of benzene rings is 2. The Labute approximate surface area is 195 Å². The summed E-state index contributed by atoms with van der Waals surface area (Å²) in [6, 6.07) is 10.0. The van der Waals surface area contributed by atoms with Crippen molar-refractivity contribution in [2.75, 3.05) is 12.3 Å². The smallest absolute Gasteiger partial charge is 0.325 e. The van der Waals surface area contributed by atoms with Gasteiger partial charge in [0.2, 0.25) is 6.41 Å². The Morgan fingerprint density at radius 2 is 1.67 bits per heavy atom. The molecule has 1 aliphatic heterocycles. The van der Waals surface area contributed by atoms with Crippen LogP contribution in [0.4, 0.5) is 4.79 Å². The molecule has 2 N–H and O–H groups in total. The van der Waals surface area contributed by atoms with Gasteiger partial charge in [-0.2, -0.15) is 0 Å². The molecule has 4 amide bonds. The molecule has 0 aromatic heterocycles. The van der Waals surface area contributed by atoms with Crippen LogP contribution in [0.5, 0.6) is 11.5 Å². The third-order valence-electron chi connectivity index (χ3n) is 4.96. The fraction of sp³-hybridized carbons (Fsp3) is 0.286. The van der Waals surface area contributed by atoms with Gasteiger partial charge < -0.3 is 10.1 Å². The summed E-state index contributed by atoms with van der Waals surface area (Å²) in [6.07, 6.45) is 0.0207. The molecule has 0 bridgehead atoms. The highest BCUT2D eigenvalue weighted by Gasteiger charge is 2.45. The molecule has 0 radical (unpaired) electrons. The Hall–Kier alpha value is -3.15. The quantitative estimate of drug-likeness (QED) is 0.236. The van der Waals surface area contributed by atoms with Crippen LogP contribution in [0.25, 0.3) is 0 Å². The summed E-state index contributed by atoms with van der Waals surface area (Å²) in [5.74, 6) is -0.436. The highest BCUT2D eigenvalue weighted by atomic mass is 35.5. The van der Waals surface area contributed by atoms with Gasteiger partial charge in [-0.15, -0.1) is 0 Å². The minimum Gasteiger partial charge on any atom is -0.457 e. The summed E-state index contributed by atoms with van der Waals surface area (Å²) in [5.41, 5.74) is -1.18. The Bertz CT molecular complexity index is 1150. The molecule has 2 aromatic rings. The lowest BCUT2D eigenvalue weighted by atomic mass is 10.1. The summed E-state index contributed by atoms with van der Waals surface area (Å²) in [7, 11) is -4.02. The van der Waals surface area contributed by atoms with E-state index < -0.39 is 45.7 Å². The maximum absolute atomic E-state index is 12.9. The second kappa shape index (κ2) is 9.38. The van der Waals surface area contributed by atoms with Crippen LogP contribution in [0.3, 0.4) is 0 Å². The number of nitrogens with one attached hydrogen (secondary N) is 1. The van der Waals surface area contributed by atoms with E-state index in [0.717, 1.165) is 4.90 Å². The van der Waals surface area contributed by atoms with Crippen molar-refractivity contribution in [1.29, 1.82) is 0 Å². The number of urea groups is 1. The van der Waals surface area contributed by atoms with Crippen molar-refractivity contribution >= 4 is 39.8 Å². The first-order chi connectivity index (χ1) is 15.4. The summed E-state index contributed by atoms with van der Waals surface area (Å²) in [6.45, 7) is 2.48. The molecule has 1 atom stereocenters. The molecule has 33 heavy (non-hydrogen) atoms. The number of hydrogen-bond acceptors (Lipinski definition) is 7. The van der Waals surface area contributed by atoms with Crippen LogP contribution in [0.15, 0.2) is 53.4 Å². The summed E-state index contributed by atoms with van der Waals surface area (Å²) < 4.78 is 31.5. The van der Waals surface area contributed by atoms with E-state index in [-0.39, 0.29) is 16.4 Å². The molecule has 1 heterocycles. The maximum Gasteiger partial charge on any atom is 0.325 e. The number of rotatable bonds is 9. The number of carbonyl (C=O) groups excluding carboxylic acids is 3. The fourth-order valence-electron chi connectivity index (χ4n) is 3.20. The number of ether oxygens (including phenoxy) is 1. The molecule has 12 heteroatoms. The zero-order valence-electron chi connectivity index (χ0n) is 17.8. The van der Waals surface area contributed by atoms with Crippen LogP contribution in [0.2, 0.25) is 5.02 Å². The Morgan fingerprint density at radius 1 is 1.12 bits per heavy atom. The molecule has 176 valence electrons. The molecular weight excluding hydrogens is 474 g/mol. The molecular formula is C21H22ClN3O7S. The van der Waals surface area contributed by atoms with Gasteiger partial charge in [0.1, 0.15) is 17.0 Å². The lowest BCUT2D eigenvalue weighted by Gasteiger charge is -2.26. The monoisotopic (exact) mass is 495 g/mol. The van der Waals surface area contributed by atoms with Crippen LogP contribution in [0.1, 0.15) is 13.8 Å². The van der Waals surface area contributed by atoms with Crippen molar-refractivity contribution in [1.82, 2.24) is 15.3 Å². The molecule has 1 saturated heterocycles. The average molecular weight is 496 g/mol. The summed E-state index contributed by atoms with van der Waals surface area (Å²) in [4.78, 5) is 36.3. The van der Waals surface area contributed by atoms with E-state index in [2.05, 4.69) is 5.32 Å². The molecule has 0 spiro atoms. The topological polar surface area (TPSA) is 133 Å². The number of imide groups is 1. The molecule has 1 aliphatic rings. The minimum absolute atomic E-state index is 0.0207. The lowest BCUT2D eigenvalue weighted by molar-refractivity contribution is -0.160. The van der Waals surface area contributed by atoms with Gasteiger partial charge in [-0.25, -0.2) is 18.3 Å². The lowest BCUT2D eigenvalue weighted by Crippen LogP contribution is -2.48. The molecule has 2 aromatic carbocycles. The molecule has 3 rings (SSSR count). The second-order valence-electron chi connectivity index (χ2n) is 7.92. The van der Waals surface area contributed by atoms with Crippen LogP contribution >= 0.6 is 11.6 Å². The van der Waals surface area contributed by atoms with Crippen LogP contribution in [-0.4, -0.2) is 65.8 Å². The van der Waals surface area contributed by atoms with Crippen LogP contribution < -0.4 is 10.1 Å². The standard InChI is InChI=1S/C21H22ClN3O7S/c1-21(2)19(27)24(20(28)23-21)11-15(25(29)13-26)12-33(30,31)18-9-7-17(8-10-18)32-16-5-3-14(22)4-6-16/h3-10,13,15,29H,11-12H2,1-2H3,(H,23,28). The van der Waals surface area contributed by atoms with E-state index in [1.165, 1.54) is 38.1 Å². The van der Waals surface area contributed by atoms with Gasteiger partial charge in [0, 0.05) is 5.02 Å². The van der Waals surface area contributed by atoms with E-state index in [1.807, 2.05) is 0 Å². The predicted molar refractivity (Wildman–Crippen MR) is 118 cm³/mol. The third-order valence-corrected chi connectivity index (χ3v) is 7.03. The van der Waals surface area contributed by atoms with E-state index in [9.17, 15) is 28.0 Å². The Balaban J connectivity index is 1.75. The highest BCUT2D eigenvalue weighted by Crippen LogP contribution is 2.25. The van der Waals surface area contributed by atoms with Crippen molar-refractivity contribution in [2.24, 2.45) is 0 Å². The van der Waals surface area contributed by atoms with Crippen LogP contribution in [-0.2, 0) is 19.4 Å². The van der Waals surface area contributed by atoms with Gasteiger partial charge >= 0.3 is 6.03 Å². The normalized spacial score (nSPS) is 16.3. The predicted octanol–water partition coefficient (Wildman–Crippen LogP) is 2.45. The molecule has 10 nitrogen and oxygen atoms in total. The first kappa shape index (κ1) is 24.5. The van der Waals surface area contributed by atoms with Crippen molar-refractivity contribution in [2.45, 2.75) is 30.3 Å². The number of amides is 4. The first-order valence-corrected chi connectivity index (χ1v) is 11.8. The SMILES string of the molecule is CC1(C)NC(=O)N(CC(CS(=O)(=O)c2ccc(Oc3ccc(Cl)cc3)cc2)N(O)C=O)C1=O. The number of carbonyl (C=O) groups is 3. The summed E-state index contributed by atoms with van der Waals surface area (Å²) in [5, 5.41) is 13.1. The first-order valence-electron chi connectivity index (χ1n) is 9.76. The van der Waals surface area contributed by atoms with E-state index in [1.54, 1.807) is 24.3 Å². The van der Waals surface area contributed by atoms with E-state index in [0.29, 0.717) is 16.5 Å². The number of sulfone groups is 1. The molecule has 1 fully saturated rings. The highest BCUT2D eigenvalue weighted by molar-refractivity contribution is 7.91. The van der Waals surface area contributed by atoms with Gasteiger partial charge in [-0.05, 0) is 62.4 Å². The van der Waals surface area contributed by atoms with Crippen LogP contribution in [0, 0.1) is 0 Å². The minimum atomic E-state index is -4.02. The molecule has 0 aliphatic carbocycles. The van der Waals surface area contributed by atoms with Crippen molar-refractivity contribution in [3.8, 4) is 11.5 Å². The Morgan fingerprint density at radius 3 is 2.15 bits per heavy atom. The van der Waals surface area contributed by atoms with Gasteiger partial charge in [-0.1, -0.05) is 11.6 Å². The van der Waals surface area contributed by atoms with Gasteiger partial charge in [0.25, 0.3) is 5.91 Å². The number of hydrogen-bond donors (Lipinski definition) is 2. The van der Waals surface area contributed by atoms with Gasteiger partial charge in [-0.3, -0.25) is 19.7 Å². The Kier molecular flexibility index (Phi) is 6.96. The average Bonchev–Trinajstić information content (AvgIpc) is 2.96. The zero-order chi connectivity index (χ0) is 24.4. The molecule has 1 unspecified atom stereocenters. The van der Waals surface area contributed by atoms with Gasteiger partial charge in [0.15, 0.2) is 9.84 Å². The second-order valence-corrected chi connectivity index (χ2v) is 10.4. The zero-order valence-corrected chi connectivity index (χ0v) is 19.3. The summed E-state index contributed by atoms with van der Waals surface area (Å²) >= 11 is 5.83. The number of nitrogens with zero attached hydrogens (tertiary/aromatic N) is 2. The van der Waals surface area contributed by atoms with Gasteiger partial charge in [0.05, 0.1) is 23.2 Å². The third kappa shape index (κ3) is 5.62.